The van der Waals surface area contributed by atoms with Gasteiger partial charge in [0.25, 0.3) is 5.91 Å². The second-order valence-corrected chi connectivity index (χ2v) is 8.92. The number of methoxy groups -OCH3 is 3. The average Bonchev–Trinajstić information content (AvgIpc) is 2.90. The van der Waals surface area contributed by atoms with Crippen LogP contribution in [0.1, 0.15) is 37.9 Å². The lowest BCUT2D eigenvalue weighted by Crippen LogP contribution is -2.42. The van der Waals surface area contributed by atoms with Crippen LogP contribution in [-0.2, 0) is 11.2 Å². The number of hydrogen-bond acceptors (Lipinski definition) is 6. The highest BCUT2D eigenvalue weighted by Crippen LogP contribution is 2.39. The van der Waals surface area contributed by atoms with Crippen LogP contribution in [0.3, 0.4) is 0 Å². The van der Waals surface area contributed by atoms with Gasteiger partial charge in [-0.05, 0) is 72.1 Å². The molecule has 0 aliphatic carbocycles. The molecule has 1 aliphatic heterocycles. The van der Waals surface area contributed by atoms with Crippen molar-refractivity contribution in [3.8, 4) is 17.2 Å². The molecule has 8 heteroatoms. The van der Waals surface area contributed by atoms with Crippen molar-refractivity contribution in [2.45, 2.75) is 12.5 Å². The van der Waals surface area contributed by atoms with E-state index in [4.69, 9.17) is 18.9 Å². The van der Waals surface area contributed by atoms with Gasteiger partial charge in [0, 0.05) is 16.6 Å². The summed E-state index contributed by atoms with van der Waals surface area (Å²) < 4.78 is 22.7. The van der Waals surface area contributed by atoms with E-state index in [1.54, 1.807) is 44.6 Å². The van der Waals surface area contributed by atoms with Crippen molar-refractivity contribution in [2.24, 2.45) is 0 Å². The van der Waals surface area contributed by atoms with Gasteiger partial charge in [0.05, 0.1) is 32.9 Å². The van der Waals surface area contributed by atoms with Crippen molar-refractivity contribution in [2.75, 3.05) is 34.5 Å². The molecule has 0 spiro atoms. The van der Waals surface area contributed by atoms with E-state index in [0.717, 1.165) is 15.6 Å². The number of benzene rings is 3. The molecule has 1 heterocycles. The Morgan fingerprint density at radius 1 is 0.943 bits per heavy atom. The van der Waals surface area contributed by atoms with E-state index in [1.165, 1.54) is 7.11 Å². The van der Waals surface area contributed by atoms with Gasteiger partial charge in [-0.3, -0.25) is 4.79 Å². The average molecular weight is 540 g/mol. The number of rotatable bonds is 7. The Balaban J connectivity index is 1.66. The summed E-state index contributed by atoms with van der Waals surface area (Å²) in [7, 11) is 4.54. The number of hydrogen-bond donors (Lipinski definition) is 0. The molecule has 0 bridgehead atoms. The molecule has 3 aromatic rings. The number of nitrogens with zero attached hydrogens (tertiary/aromatic N) is 1. The van der Waals surface area contributed by atoms with Crippen molar-refractivity contribution in [1.82, 2.24) is 4.90 Å². The Bertz CT molecular complexity index is 1230. The van der Waals surface area contributed by atoms with Gasteiger partial charge in [0.1, 0.15) is 12.4 Å². The summed E-state index contributed by atoms with van der Waals surface area (Å²) >= 11 is 3.45. The molecular formula is C27H26BrNO6. The van der Waals surface area contributed by atoms with Crippen LogP contribution in [0.25, 0.3) is 0 Å². The van der Waals surface area contributed by atoms with Gasteiger partial charge in [-0.1, -0.05) is 22.0 Å². The first-order valence-electron chi connectivity index (χ1n) is 11.1. The molecule has 182 valence electrons. The molecule has 3 aromatic carbocycles. The van der Waals surface area contributed by atoms with Crippen LogP contribution >= 0.6 is 15.9 Å². The summed E-state index contributed by atoms with van der Waals surface area (Å²) in [6.45, 7) is 0.753. The topological polar surface area (TPSA) is 74.3 Å². The van der Waals surface area contributed by atoms with E-state index < -0.39 is 5.97 Å². The molecule has 0 radical (unpaired) electrons. The molecule has 1 amide bonds. The van der Waals surface area contributed by atoms with Gasteiger partial charge < -0.3 is 23.8 Å². The highest BCUT2D eigenvalue weighted by Gasteiger charge is 2.33. The SMILES string of the molecule is COC(=O)c1ccc(OC[C@H]2c3cc(OC)c(OC)cc3CCN2C(=O)c2cccc(Br)c2)cc1. The van der Waals surface area contributed by atoms with Crippen LogP contribution in [0, 0.1) is 0 Å². The smallest absolute Gasteiger partial charge is 0.337 e. The summed E-state index contributed by atoms with van der Waals surface area (Å²) in [5.41, 5.74) is 3.06. The van der Waals surface area contributed by atoms with Gasteiger partial charge in [0.15, 0.2) is 11.5 Å². The monoisotopic (exact) mass is 539 g/mol. The first-order chi connectivity index (χ1) is 16.9. The Hall–Kier alpha value is -3.52. The van der Waals surface area contributed by atoms with Crippen LogP contribution < -0.4 is 14.2 Å². The molecule has 0 fully saturated rings. The Morgan fingerprint density at radius 2 is 1.66 bits per heavy atom. The molecule has 0 N–H and O–H groups in total. The molecule has 0 aromatic heterocycles. The van der Waals surface area contributed by atoms with Gasteiger partial charge in [-0.15, -0.1) is 0 Å². The quantitative estimate of drug-likeness (QED) is 0.390. The Morgan fingerprint density at radius 3 is 2.31 bits per heavy atom. The minimum atomic E-state index is -0.412. The third-order valence-corrected chi connectivity index (χ3v) is 6.51. The minimum Gasteiger partial charge on any atom is -0.493 e. The van der Waals surface area contributed by atoms with Crippen LogP contribution in [0.15, 0.2) is 65.1 Å². The number of carbonyl (C=O) groups is 2. The van der Waals surface area contributed by atoms with E-state index in [2.05, 4.69) is 15.9 Å². The fourth-order valence-electron chi connectivity index (χ4n) is 4.22. The molecular weight excluding hydrogens is 514 g/mol. The van der Waals surface area contributed by atoms with E-state index >= 15 is 0 Å². The van der Waals surface area contributed by atoms with Crippen LogP contribution in [0.4, 0.5) is 0 Å². The first kappa shape index (κ1) is 24.6. The van der Waals surface area contributed by atoms with Crippen molar-refractivity contribution in [3.63, 3.8) is 0 Å². The standard InChI is InChI=1S/C27H26BrNO6/c1-32-24-14-18-11-12-29(26(30)19-5-4-6-20(28)13-19)23(22(18)15-25(24)33-2)16-35-21-9-7-17(8-10-21)27(31)34-3/h4-10,13-15,23H,11-12,16H2,1-3H3/t23-/m0/s1. The molecule has 4 rings (SSSR count). The maximum atomic E-state index is 13.6. The van der Waals surface area contributed by atoms with Gasteiger partial charge >= 0.3 is 5.97 Å². The first-order valence-corrected chi connectivity index (χ1v) is 11.9. The molecule has 7 nitrogen and oxygen atoms in total. The number of fused-ring (bicyclic) bond motifs is 1. The molecule has 0 saturated heterocycles. The summed E-state index contributed by atoms with van der Waals surface area (Å²) in [4.78, 5) is 27.1. The van der Waals surface area contributed by atoms with Crippen molar-refractivity contribution >= 4 is 27.8 Å². The van der Waals surface area contributed by atoms with Crippen molar-refractivity contribution in [3.05, 3.63) is 87.4 Å². The van der Waals surface area contributed by atoms with Crippen LogP contribution in [0.5, 0.6) is 17.2 Å². The minimum absolute atomic E-state index is 0.0821. The maximum absolute atomic E-state index is 13.6. The normalized spacial score (nSPS) is 14.6. The zero-order valence-electron chi connectivity index (χ0n) is 19.7. The second kappa shape index (κ2) is 10.8. The zero-order valence-corrected chi connectivity index (χ0v) is 21.3. The number of halogens is 1. The summed E-state index contributed by atoms with van der Waals surface area (Å²) in [5.74, 6) is 1.33. The lowest BCUT2D eigenvalue weighted by atomic mass is 9.91. The lowest BCUT2D eigenvalue weighted by molar-refractivity contribution is 0.0582. The van der Waals surface area contributed by atoms with Crippen molar-refractivity contribution < 1.29 is 28.5 Å². The van der Waals surface area contributed by atoms with Gasteiger partial charge in [0.2, 0.25) is 0 Å². The van der Waals surface area contributed by atoms with Gasteiger partial charge in [-0.2, -0.15) is 0 Å². The highest BCUT2D eigenvalue weighted by molar-refractivity contribution is 9.10. The molecule has 35 heavy (non-hydrogen) atoms. The van der Waals surface area contributed by atoms with Crippen LogP contribution in [0.2, 0.25) is 0 Å². The predicted octanol–water partition coefficient (Wildman–Crippen LogP) is 5.07. The summed E-state index contributed by atoms with van der Waals surface area (Å²) in [6, 6.07) is 17.6. The largest absolute Gasteiger partial charge is 0.493 e. The summed E-state index contributed by atoms with van der Waals surface area (Å²) in [5, 5.41) is 0. The van der Waals surface area contributed by atoms with Gasteiger partial charge in [-0.25, -0.2) is 4.79 Å². The van der Waals surface area contributed by atoms with E-state index in [9.17, 15) is 9.59 Å². The van der Waals surface area contributed by atoms with E-state index in [1.807, 2.05) is 35.2 Å². The van der Waals surface area contributed by atoms with Crippen molar-refractivity contribution in [1.29, 1.82) is 0 Å². The summed E-state index contributed by atoms with van der Waals surface area (Å²) in [6.07, 6.45) is 0.680. The zero-order chi connectivity index (χ0) is 24.9. The second-order valence-electron chi connectivity index (χ2n) is 8.01. The molecule has 0 saturated carbocycles. The predicted molar refractivity (Wildman–Crippen MR) is 134 cm³/mol. The Labute approximate surface area is 212 Å². The van der Waals surface area contributed by atoms with E-state index in [0.29, 0.717) is 41.3 Å². The molecule has 1 atom stereocenters. The number of ether oxygens (including phenoxy) is 4. The fourth-order valence-corrected chi connectivity index (χ4v) is 4.62. The maximum Gasteiger partial charge on any atom is 0.337 e. The fraction of sp³-hybridized carbons (Fsp3) is 0.259. The number of amides is 1. The van der Waals surface area contributed by atoms with Crippen LogP contribution in [-0.4, -0.2) is 51.3 Å². The lowest BCUT2D eigenvalue weighted by Gasteiger charge is -2.37. The number of carbonyl (C=O) groups excluding carboxylic acids is 2. The van der Waals surface area contributed by atoms with E-state index in [-0.39, 0.29) is 18.6 Å². The third kappa shape index (κ3) is 5.27. The molecule has 0 unspecified atom stereocenters. The molecule has 1 aliphatic rings. The Kier molecular flexibility index (Phi) is 7.60. The third-order valence-electron chi connectivity index (χ3n) is 6.02. The number of esters is 1. The highest BCUT2D eigenvalue weighted by atomic mass is 79.9.